The molecule has 0 spiro atoms. The van der Waals surface area contributed by atoms with Crippen LogP contribution in [0.4, 0.5) is 5.69 Å². The summed E-state index contributed by atoms with van der Waals surface area (Å²) >= 11 is 0. The molecule has 9 heteroatoms. The number of carbonyl (C=O) groups excluding carboxylic acids is 2. The minimum atomic E-state index is -3.20. The zero-order valence-electron chi connectivity index (χ0n) is 14.8. The number of sulfonamides is 1. The smallest absolute Gasteiger partial charge is 0.263 e. The Kier molecular flexibility index (Phi) is 5.19. The number of nitrogens with one attached hydrogen (secondary N) is 1. The van der Waals surface area contributed by atoms with E-state index >= 15 is 0 Å². The lowest BCUT2D eigenvalue weighted by Gasteiger charge is -2.35. The number of hydrogen-bond acceptors (Lipinski definition) is 5. The van der Waals surface area contributed by atoms with Crippen LogP contribution in [0.15, 0.2) is 24.3 Å². The molecule has 1 fully saturated rings. The maximum atomic E-state index is 12.6. The van der Waals surface area contributed by atoms with Gasteiger partial charge in [-0.05, 0) is 25.0 Å². The average Bonchev–Trinajstić information content (AvgIpc) is 2.60. The van der Waals surface area contributed by atoms with Crippen LogP contribution in [0.5, 0.6) is 5.75 Å². The second-order valence-electron chi connectivity index (χ2n) is 6.65. The lowest BCUT2D eigenvalue weighted by Crippen LogP contribution is -2.54. The van der Waals surface area contributed by atoms with Crippen molar-refractivity contribution in [3.63, 3.8) is 0 Å². The Morgan fingerprint density at radius 3 is 2.46 bits per heavy atom. The van der Waals surface area contributed by atoms with Gasteiger partial charge in [-0.25, -0.2) is 12.7 Å². The van der Waals surface area contributed by atoms with Crippen LogP contribution in [0, 0.1) is 0 Å². The summed E-state index contributed by atoms with van der Waals surface area (Å²) in [4.78, 5) is 26.1. The second-order valence-corrected chi connectivity index (χ2v) is 8.63. The Balaban J connectivity index is 1.63. The molecular weight excluding hydrogens is 358 g/mol. The van der Waals surface area contributed by atoms with Gasteiger partial charge in [0, 0.05) is 26.1 Å². The van der Waals surface area contributed by atoms with E-state index in [0.29, 0.717) is 37.4 Å². The van der Waals surface area contributed by atoms with E-state index in [-0.39, 0.29) is 24.4 Å². The molecule has 3 rings (SSSR count). The van der Waals surface area contributed by atoms with Crippen LogP contribution in [0.2, 0.25) is 0 Å². The molecule has 0 saturated carbocycles. The van der Waals surface area contributed by atoms with Crippen LogP contribution in [-0.4, -0.2) is 62.6 Å². The lowest BCUT2D eigenvalue weighted by atomic mass is 10.1. The van der Waals surface area contributed by atoms with Gasteiger partial charge in [-0.2, -0.15) is 0 Å². The van der Waals surface area contributed by atoms with Crippen molar-refractivity contribution >= 4 is 27.5 Å². The number of amides is 2. The monoisotopic (exact) mass is 381 g/mol. The molecule has 0 aliphatic carbocycles. The maximum Gasteiger partial charge on any atom is 0.263 e. The molecule has 8 nitrogen and oxygen atoms in total. The summed E-state index contributed by atoms with van der Waals surface area (Å²) in [6.07, 6.45) is 1.51. The summed E-state index contributed by atoms with van der Waals surface area (Å²) in [5, 5.41) is 2.93. The minimum absolute atomic E-state index is 0.105. The number of rotatable bonds is 3. The highest BCUT2D eigenvalue weighted by molar-refractivity contribution is 7.88. The molecule has 1 aromatic carbocycles. The van der Waals surface area contributed by atoms with Gasteiger partial charge in [0.15, 0.2) is 6.10 Å². The van der Waals surface area contributed by atoms with Crippen LogP contribution < -0.4 is 15.0 Å². The molecule has 1 saturated heterocycles. The molecule has 142 valence electrons. The predicted octanol–water partition coefficient (Wildman–Crippen LogP) is 0.341. The van der Waals surface area contributed by atoms with E-state index < -0.39 is 16.1 Å². The number of carbonyl (C=O) groups is 2. The highest BCUT2D eigenvalue weighted by Crippen LogP contribution is 2.33. The van der Waals surface area contributed by atoms with Crippen molar-refractivity contribution in [1.29, 1.82) is 0 Å². The fourth-order valence-electron chi connectivity index (χ4n) is 3.30. The van der Waals surface area contributed by atoms with Gasteiger partial charge in [0.05, 0.1) is 18.5 Å². The maximum absolute atomic E-state index is 12.6. The fraction of sp³-hybridized carbons (Fsp3) is 0.529. The summed E-state index contributed by atoms with van der Waals surface area (Å²) < 4.78 is 30.3. The third kappa shape index (κ3) is 3.99. The van der Waals surface area contributed by atoms with Gasteiger partial charge < -0.3 is 15.0 Å². The van der Waals surface area contributed by atoms with Crippen LogP contribution in [0.25, 0.3) is 0 Å². The SMILES string of the molecule is CC(=O)N1C[C@@H](C(=O)NC2CCN(S(C)(=O)=O)CC2)Oc2ccccc21. The highest BCUT2D eigenvalue weighted by atomic mass is 32.2. The van der Waals surface area contributed by atoms with Crippen LogP contribution >= 0.6 is 0 Å². The summed E-state index contributed by atoms with van der Waals surface area (Å²) in [6, 6.07) is 7.01. The van der Waals surface area contributed by atoms with E-state index in [0.717, 1.165) is 0 Å². The van der Waals surface area contributed by atoms with Gasteiger partial charge in [0.2, 0.25) is 15.9 Å². The Bertz CT molecular complexity index is 802. The molecule has 0 bridgehead atoms. The van der Waals surface area contributed by atoms with Crippen molar-refractivity contribution in [2.75, 3.05) is 30.8 Å². The fourth-order valence-corrected chi connectivity index (χ4v) is 4.17. The summed E-state index contributed by atoms with van der Waals surface area (Å²) in [6.45, 7) is 2.38. The molecule has 0 radical (unpaired) electrons. The first-order valence-electron chi connectivity index (χ1n) is 8.55. The molecule has 0 unspecified atom stereocenters. The summed E-state index contributed by atoms with van der Waals surface area (Å²) in [7, 11) is -3.20. The van der Waals surface area contributed by atoms with Crippen molar-refractivity contribution in [3.05, 3.63) is 24.3 Å². The summed E-state index contributed by atoms with van der Waals surface area (Å²) in [5.41, 5.74) is 0.658. The van der Waals surface area contributed by atoms with Crippen molar-refractivity contribution < 1.29 is 22.7 Å². The number of benzene rings is 1. The first-order valence-corrected chi connectivity index (χ1v) is 10.4. The molecule has 2 amide bonds. The minimum Gasteiger partial charge on any atom is -0.477 e. The molecule has 1 N–H and O–H groups in total. The molecule has 1 aromatic rings. The average molecular weight is 381 g/mol. The van der Waals surface area contributed by atoms with Crippen molar-refractivity contribution in [2.45, 2.75) is 31.9 Å². The van der Waals surface area contributed by atoms with Crippen molar-refractivity contribution in [1.82, 2.24) is 9.62 Å². The number of fused-ring (bicyclic) bond motifs is 1. The Labute approximate surface area is 153 Å². The largest absolute Gasteiger partial charge is 0.477 e. The zero-order chi connectivity index (χ0) is 18.9. The molecule has 2 heterocycles. The number of piperidine rings is 1. The zero-order valence-corrected chi connectivity index (χ0v) is 15.7. The van der Waals surface area contributed by atoms with Crippen LogP contribution in [0.1, 0.15) is 19.8 Å². The standard InChI is InChI=1S/C17H23N3O5S/c1-12(21)20-11-16(25-15-6-4-3-5-14(15)20)17(22)18-13-7-9-19(10-8-13)26(2,23)24/h3-6,13,16H,7-11H2,1-2H3,(H,18,22)/t16-/m0/s1. The topological polar surface area (TPSA) is 96.0 Å². The Morgan fingerprint density at radius 2 is 1.85 bits per heavy atom. The molecule has 2 aliphatic heterocycles. The predicted molar refractivity (Wildman–Crippen MR) is 96.5 cm³/mol. The number of hydrogen-bond donors (Lipinski definition) is 1. The Morgan fingerprint density at radius 1 is 1.19 bits per heavy atom. The van der Waals surface area contributed by atoms with E-state index in [1.54, 1.807) is 18.2 Å². The highest BCUT2D eigenvalue weighted by Gasteiger charge is 2.34. The van der Waals surface area contributed by atoms with Gasteiger partial charge >= 0.3 is 0 Å². The van der Waals surface area contributed by atoms with Crippen LogP contribution in [-0.2, 0) is 19.6 Å². The van der Waals surface area contributed by atoms with Gasteiger partial charge in [0.25, 0.3) is 5.91 Å². The molecule has 0 aromatic heterocycles. The van der Waals surface area contributed by atoms with E-state index in [9.17, 15) is 18.0 Å². The van der Waals surface area contributed by atoms with Gasteiger partial charge in [0.1, 0.15) is 5.75 Å². The lowest BCUT2D eigenvalue weighted by molar-refractivity contribution is -0.129. The second kappa shape index (κ2) is 7.24. The molecule has 1 atom stereocenters. The number of ether oxygens (including phenoxy) is 1. The Hall–Kier alpha value is -2.13. The van der Waals surface area contributed by atoms with E-state index in [2.05, 4.69) is 5.32 Å². The van der Waals surface area contributed by atoms with Gasteiger partial charge in [-0.15, -0.1) is 0 Å². The van der Waals surface area contributed by atoms with Crippen molar-refractivity contribution in [2.24, 2.45) is 0 Å². The van der Waals surface area contributed by atoms with E-state index in [4.69, 9.17) is 4.74 Å². The van der Waals surface area contributed by atoms with E-state index in [1.807, 2.05) is 6.07 Å². The normalized spacial score (nSPS) is 21.6. The number of anilines is 1. The van der Waals surface area contributed by atoms with Crippen LogP contribution in [0.3, 0.4) is 0 Å². The number of para-hydroxylation sites is 2. The van der Waals surface area contributed by atoms with Gasteiger partial charge in [-0.1, -0.05) is 12.1 Å². The molecule has 26 heavy (non-hydrogen) atoms. The number of nitrogens with zero attached hydrogens (tertiary/aromatic N) is 2. The van der Waals surface area contributed by atoms with Crippen molar-refractivity contribution in [3.8, 4) is 5.75 Å². The summed E-state index contributed by atoms with van der Waals surface area (Å²) in [5.74, 6) is 0.0598. The third-order valence-electron chi connectivity index (χ3n) is 4.72. The quantitative estimate of drug-likeness (QED) is 0.815. The van der Waals surface area contributed by atoms with E-state index in [1.165, 1.54) is 22.4 Å². The van der Waals surface area contributed by atoms with Gasteiger partial charge in [-0.3, -0.25) is 9.59 Å². The third-order valence-corrected chi connectivity index (χ3v) is 6.02. The molecular formula is C17H23N3O5S. The first-order chi connectivity index (χ1) is 12.3. The first kappa shape index (κ1) is 18.7. The molecule has 2 aliphatic rings.